The van der Waals surface area contributed by atoms with E-state index in [4.69, 9.17) is 0 Å². The molecule has 0 aliphatic heterocycles. The number of aryl methyl sites for hydroxylation is 1. The molecule has 0 heterocycles. The third kappa shape index (κ3) is 2.90. The van der Waals surface area contributed by atoms with Gasteiger partial charge in [-0.1, -0.05) is 91.0 Å². The van der Waals surface area contributed by atoms with Crippen LogP contribution in [0.4, 0.5) is 0 Å². The fourth-order valence-electron chi connectivity index (χ4n) is 5.84. The largest absolute Gasteiger partial charge is 0.481 e. The lowest BCUT2D eigenvalue weighted by Gasteiger charge is -2.32. The molecule has 2 atom stereocenters. The number of hydrogen-bond acceptors (Lipinski definition) is 1. The molecule has 0 spiro atoms. The maximum Gasteiger partial charge on any atom is 0.311 e. The monoisotopic (exact) mass is 416 g/mol. The van der Waals surface area contributed by atoms with E-state index in [2.05, 4.69) is 66.7 Å². The quantitative estimate of drug-likeness (QED) is 0.310. The van der Waals surface area contributed by atoms with Crippen molar-refractivity contribution < 1.29 is 9.90 Å². The first-order chi connectivity index (χ1) is 15.7. The minimum atomic E-state index is -0.738. The Morgan fingerprint density at radius 1 is 0.719 bits per heavy atom. The molecule has 5 aromatic rings. The van der Waals surface area contributed by atoms with Gasteiger partial charge in [-0.2, -0.15) is 0 Å². The second-order valence-corrected chi connectivity index (χ2v) is 8.90. The third-order valence-corrected chi connectivity index (χ3v) is 7.24. The van der Waals surface area contributed by atoms with E-state index in [0.29, 0.717) is 0 Å². The van der Waals surface area contributed by atoms with E-state index in [-0.39, 0.29) is 5.92 Å². The Morgan fingerprint density at radius 2 is 1.41 bits per heavy atom. The van der Waals surface area contributed by atoms with Crippen molar-refractivity contribution >= 4 is 38.3 Å². The van der Waals surface area contributed by atoms with E-state index in [1.807, 2.05) is 24.3 Å². The number of carbonyl (C=O) groups is 1. The van der Waals surface area contributed by atoms with Crippen molar-refractivity contribution in [2.75, 3.05) is 0 Å². The Morgan fingerprint density at radius 3 is 2.22 bits per heavy atom. The molecule has 2 heteroatoms. The summed E-state index contributed by atoms with van der Waals surface area (Å²) >= 11 is 0. The van der Waals surface area contributed by atoms with Crippen LogP contribution in [0.25, 0.3) is 32.3 Å². The molecule has 6 rings (SSSR count). The Kier molecular flexibility index (Phi) is 4.46. The lowest BCUT2D eigenvalue weighted by molar-refractivity contribution is -0.139. The zero-order chi connectivity index (χ0) is 21.7. The molecule has 0 amide bonds. The van der Waals surface area contributed by atoms with E-state index < -0.39 is 11.9 Å². The second-order valence-electron chi connectivity index (χ2n) is 8.90. The molecule has 156 valence electrons. The van der Waals surface area contributed by atoms with Gasteiger partial charge in [-0.3, -0.25) is 4.79 Å². The first-order valence-corrected chi connectivity index (χ1v) is 11.4. The maximum atomic E-state index is 12.7. The summed E-state index contributed by atoms with van der Waals surface area (Å²) in [5.41, 5.74) is 3.46. The van der Waals surface area contributed by atoms with Gasteiger partial charge in [-0.05, 0) is 68.3 Å². The molecule has 1 N–H and O–H groups in total. The van der Waals surface area contributed by atoms with Crippen molar-refractivity contribution in [2.45, 2.75) is 31.1 Å². The number of fused-ring (bicyclic) bond motifs is 6. The molecule has 1 aliphatic rings. The van der Waals surface area contributed by atoms with Gasteiger partial charge in [0.2, 0.25) is 0 Å². The van der Waals surface area contributed by atoms with Gasteiger partial charge in [0.15, 0.2) is 0 Å². The molecular formula is C30H24O2. The minimum Gasteiger partial charge on any atom is -0.481 e. The van der Waals surface area contributed by atoms with Crippen molar-refractivity contribution in [3.05, 3.63) is 108 Å². The fraction of sp³-hybridized carbons (Fsp3) is 0.167. The maximum absolute atomic E-state index is 12.7. The summed E-state index contributed by atoms with van der Waals surface area (Å²) in [6.45, 7) is 0. The molecule has 32 heavy (non-hydrogen) atoms. The van der Waals surface area contributed by atoms with Crippen molar-refractivity contribution in [3.8, 4) is 0 Å². The summed E-state index contributed by atoms with van der Waals surface area (Å²) in [5.74, 6) is -1.33. The zero-order valence-corrected chi connectivity index (χ0v) is 17.8. The smallest absolute Gasteiger partial charge is 0.311 e. The highest BCUT2D eigenvalue weighted by Gasteiger charge is 2.35. The van der Waals surface area contributed by atoms with Crippen molar-refractivity contribution in [1.29, 1.82) is 0 Å². The first-order valence-electron chi connectivity index (χ1n) is 11.4. The summed E-state index contributed by atoms with van der Waals surface area (Å²) in [5, 5.41) is 17.6. The highest BCUT2D eigenvalue weighted by molar-refractivity contribution is 6.09. The van der Waals surface area contributed by atoms with Gasteiger partial charge in [0.25, 0.3) is 0 Å². The fourth-order valence-corrected chi connectivity index (χ4v) is 5.84. The van der Waals surface area contributed by atoms with Gasteiger partial charge >= 0.3 is 5.97 Å². The predicted molar refractivity (Wildman–Crippen MR) is 131 cm³/mol. The summed E-state index contributed by atoms with van der Waals surface area (Å²) in [6, 6.07) is 31.5. The highest BCUT2D eigenvalue weighted by Crippen LogP contribution is 2.46. The van der Waals surface area contributed by atoms with E-state index in [0.717, 1.165) is 35.6 Å². The van der Waals surface area contributed by atoms with Crippen LogP contribution in [0.3, 0.4) is 0 Å². The molecule has 0 saturated heterocycles. The molecule has 0 aromatic heterocycles. The van der Waals surface area contributed by atoms with Gasteiger partial charge in [0.05, 0.1) is 5.92 Å². The summed E-state index contributed by atoms with van der Waals surface area (Å²) in [7, 11) is 0. The molecule has 2 nitrogen and oxygen atoms in total. The van der Waals surface area contributed by atoms with Crippen LogP contribution in [-0.2, 0) is 11.2 Å². The molecule has 0 radical (unpaired) electrons. The van der Waals surface area contributed by atoms with Crippen LogP contribution in [0.15, 0.2) is 91.0 Å². The van der Waals surface area contributed by atoms with Gasteiger partial charge in [-0.25, -0.2) is 0 Å². The van der Waals surface area contributed by atoms with Crippen LogP contribution >= 0.6 is 0 Å². The molecular weight excluding hydrogens is 392 g/mol. The summed E-state index contributed by atoms with van der Waals surface area (Å²) < 4.78 is 0. The van der Waals surface area contributed by atoms with Gasteiger partial charge in [0.1, 0.15) is 0 Å². The number of hydrogen-bond donors (Lipinski definition) is 1. The van der Waals surface area contributed by atoms with Gasteiger partial charge < -0.3 is 5.11 Å². The normalized spacial score (nSPS) is 16.8. The molecule has 5 aromatic carbocycles. The summed E-state index contributed by atoms with van der Waals surface area (Å²) in [6.07, 6.45) is 2.91. The predicted octanol–water partition coefficient (Wildman–Crippen LogP) is 7.43. The molecule has 1 aliphatic carbocycles. The van der Waals surface area contributed by atoms with E-state index in [9.17, 15) is 9.90 Å². The van der Waals surface area contributed by atoms with Crippen LogP contribution in [0.2, 0.25) is 0 Å². The average molecular weight is 417 g/mol. The van der Waals surface area contributed by atoms with Crippen molar-refractivity contribution in [2.24, 2.45) is 0 Å². The van der Waals surface area contributed by atoms with Crippen LogP contribution < -0.4 is 0 Å². The Hall–Kier alpha value is -3.65. The third-order valence-electron chi connectivity index (χ3n) is 7.24. The highest BCUT2D eigenvalue weighted by atomic mass is 16.4. The molecule has 0 saturated carbocycles. The molecule has 0 fully saturated rings. The lowest BCUT2D eigenvalue weighted by Crippen LogP contribution is -2.24. The number of carboxylic acids is 1. The standard InChI is InChI=1S/C30H24O2/c31-30(32)29(27-13-5-9-19-7-1-4-11-22(19)27)28-14-6-12-23-25-16-15-20-8-2-3-10-21(20)24(25)17-18-26(23)28/h1-5,7-11,13,15-18,28-29H,6,12,14H2,(H,31,32). The van der Waals surface area contributed by atoms with E-state index in [1.165, 1.54) is 32.7 Å². The molecule has 0 bridgehead atoms. The van der Waals surface area contributed by atoms with Gasteiger partial charge in [-0.15, -0.1) is 0 Å². The minimum absolute atomic E-state index is 0.0297. The molecule has 2 unspecified atom stereocenters. The number of carboxylic acid groups (broad SMARTS) is 1. The van der Waals surface area contributed by atoms with Crippen LogP contribution in [0, 0.1) is 0 Å². The van der Waals surface area contributed by atoms with Crippen LogP contribution in [-0.4, -0.2) is 11.1 Å². The number of benzene rings is 5. The number of rotatable bonds is 3. The van der Waals surface area contributed by atoms with Crippen LogP contribution in [0.1, 0.15) is 41.4 Å². The second kappa shape index (κ2) is 7.49. The first kappa shape index (κ1) is 19.1. The Labute approximate surface area is 187 Å². The number of aliphatic carboxylic acids is 1. The zero-order valence-electron chi connectivity index (χ0n) is 17.8. The SMILES string of the molecule is O=C(O)C(c1cccc2ccccc12)C1CCCc2c1ccc1c2ccc2ccccc21. The lowest BCUT2D eigenvalue weighted by atomic mass is 9.71. The van der Waals surface area contributed by atoms with E-state index in [1.54, 1.807) is 0 Å². The average Bonchev–Trinajstić information content (AvgIpc) is 2.84. The Bertz CT molecular complexity index is 1490. The van der Waals surface area contributed by atoms with E-state index >= 15 is 0 Å². The van der Waals surface area contributed by atoms with Crippen molar-refractivity contribution in [3.63, 3.8) is 0 Å². The van der Waals surface area contributed by atoms with Gasteiger partial charge in [0, 0.05) is 5.92 Å². The van der Waals surface area contributed by atoms with Crippen molar-refractivity contribution in [1.82, 2.24) is 0 Å². The Balaban J connectivity index is 1.56. The van der Waals surface area contributed by atoms with Crippen LogP contribution in [0.5, 0.6) is 0 Å². The summed E-state index contributed by atoms with van der Waals surface area (Å²) in [4.78, 5) is 12.7. The topological polar surface area (TPSA) is 37.3 Å².